The molecule has 3 unspecified atom stereocenters. The number of hydrogen-bond donors (Lipinski definition) is 4. The van der Waals surface area contributed by atoms with Crippen LogP contribution in [0, 0.1) is 20.8 Å². The molecular formula is C16H25NO6S. The predicted molar refractivity (Wildman–Crippen MR) is 88.2 cm³/mol. The van der Waals surface area contributed by atoms with Gasteiger partial charge in [0.2, 0.25) is 10.0 Å². The van der Waals surface area contributed by atoms with Crippen molar-refractivity contribution in [1.82, 2.24) is 4.72 Å². The van der Waals surface area contributed by atoms with Crippen LogP contribution in [-0.4, -0.2) is 60.8 Å². The van der Waals surface area contributed by atoms with E-state index in [9.17, 15) is 23.7 Å². The summed E-state index contributed by atoms with van der Waals surface area (Å²) < 4.78 is 33.0. The first-order valence-electron chi connectivity index (χ1n) is 7.81. The highest BCUT2D eigenvalue weighted by atomic mass is 32.2. The normalized spacial score (nSPS) is 31.2. The number of rotatable bonds is 4. The van der Waals surface area contributed by atoms with Crippen molar-refractivity contribution in [1.29, 1.82) is 0 Å². The monoisotopic (exact) mass is 359 g/mol. The van der Waals surface area contributed by atoms with Gasteiger partial charge in [-0.25, -0.2) is 13.1 Å². The average Bonchev–Trinajstić information content (AvgIpc) is 2.46. The Bertz CT molecular complexity index is 682. The van der Waals surface area contributed by atoms with Crippen LogP contribution in [0.25, 0.3) is 0 Å². The number of aliphatic hydroxyl groups is 3. The molecule has 1 aromatic rings. The van der Waals surface area contributed by atoms with E-state index in [1.54, 1.807) is 32.9 Å². The van der Waals surface area contributed by atoms with Gasteiger partial charge in [0.15, 0.2) is 0 Å². The predicted octanol–water partition coefficient (Wildman–Crippen LogP) is -0.240. The number of benzene rings is 1. The fourth-order valence-electron chi connectivity index (χ4n) is 3.16. The largest absolute Gasteiger partial charge is 0.388 e. The summed E-state index contributed by atoms with van der Waals surface area (Å²) in [5.74, 6) is 0. The van der Waals surface area contributed by atoms with Gasteiger partial charge in [-0.05, 0) is 38.8 Å². The van der Waals surface area contributed by atoms with Crippen molar-refractivity contribution < 1.29 is 28.5 Å². The standard InChI is InChI=1S/C16H25NO6S/c1-8-5-9(2)16(10(3)6-8)24(21,22)17-7-12-14(19)15(20)13(18)11(4)23-12/h5-6,11-15,17-20H,7H2,1-4H3/t11?,12-,13-,14?,15?/m1/s1. The van der Waals surface area contributed by atoms with Crippen molar-refractivity contribution in [3.8, 4) is 0 Å². The van der Waals surface area contributed by atoms with Crippen molar-refractivity contribution in [2.24, 2.45) is 0 Å². The van der Waals surface area contributed by atoms with Gasteiger partial charge >= 0.3 is 0 Å². The molecular weight excluding hydrogens is 334 g/mol. The minimum atomic E-state index is -3.79. The van der Waals surface area contributed by atoms with Gasteiger partial charge in [0.1, 0.15) is 24.4 Å². The molecule has 1 heterocycles. The lowest BCUT2D eigenvalue weighted by molar-refractivity contribution is -0.214. The highest BCUT2D eigenvalue weighted by Gasteiger charge is 2.42. The third kappa shape index (κ3) is 3.79. The molecule has 7 nitrogen and oxygen atoms in total. The number of sulfonamides is 1. The Hall–Kier alpha value is -1.03. The first-order valence-corrected chi connectivity index (χ1v) is 9.30. The van der Waals surface area contributed by atoms with Crippen molar-refractivity contribution >= 4 is 10.0 Å². The van der Waals surface area contributed by atoms with E-state index in [4.69, 9.17) is 4.74 Å². The molecule has 1 saturated heterocycles. The molecule has 136 valence electrons. The Morgan fingerprint density at radius 1 is 1.04 bits per heavy atom. The minimum Gasteiger partial charge on any atom is -0.388 e. The Morgan fingerprint density at radius 3 is 2.12 bits per heavy atom. The quantitative estimate of drug-likeness (QED) is 0.590. The van der Waals surface area contributed by atoms with Gasteiger partial charge in [0.25, 0.3) is 0 Å². The maximum absolute atomic E-state index is 12.6. The van der Waals surface area contributed by atoms with E-state index in [0.29, 0.717) is 11.1 Å². The van der Waals surface area contributed by atoms with Crippen LogP contribution in [0.1, 0.15) is 23.6 Å². The van der Waals surface area contributed by atoms with Crippen LogP contribution < -0.4 is 4.72 Å². The van der Waals surface area contributed by atoms with Crippen LogP contribution in [0.2, 0.25) is 0 Å². The summed E-state index contributed by atoms with van der Waals surface area (Å²) in [4.78, 5) is 0.201. The average molecular weight is 359 g/mol. The lowest BCUT2D eigenvalue weighted by Crippen LogP contribution is -2.59. The number of aryl methyl sites for hydroxylation is 3. The molecule has 1 aromatic carbocycles. The van der Waals surface area contributed by atoms with Gasteiger partial charge in [0.05, 0.1) is 11.0 Å². The highest BCUT2D eigenvalue weighted by molar-refractivity contribution is 7.89. The Labute approximate surface area is 142 Å². The van der Waals surface area contributed by atoms with E-state index in [2.05, 4.69) is 4.72 Å². The minimum absolute atomic E-state index is 0.201. The molecule has 8 heteroatoms. The number of aliphatic hydroxyl groups excluding tert-OH is 3. The Balaban J connectivity index is 2.17. The van der Waals surface area contributed by atoms with E-state index in [1.807, 2.05) is 6.92 Å². The van der Waals surface area contributed by atoms with E-state index in [-0.39, 0.29) is 11.4 Å². The van der Waals surface area contributed by atoms with Gasteiger partial charge < -0.3 is 20.1 Å². The maximum Gasteiger partial charge on any atom is 0.241 e. The van der Waals surface area contributed by atoms with Crippen molar-refractivity contribution in [3.63, 3.8) is 0 Å². The number of ether oxygens (including phenoxy) is 1. The summed E-state index contributed by atoms with van der Waals surface area (Å²) in [6, 6.07) is 3.57. The van der Waals surface area contributed by atoms with Crippen LogP contribution >= 0.6 is 0 Å². The molecule has 0 spiro atoms. The molecule has 0 amide bonds. The van der Waals surface area contributed by atoms with Crippen molar-refractivity contribution in [2.75, 3.05) is 6.54 Å². The molecule has 0 bridgehead atoms. The Morgan fingerprint density at radius 2 is 1.58 bits per heavy atom. The molecule has 0 aromatic heterocycles. The first-order chi connectivity index (χ1) is 11.0. The third-order valence-corrected chi connectivity index (χ3v) is 6.03. The lowest BCUT2D eigenvalue weighted by atomic mass is 9.96. The number of hydrogen-bond acceptors (Lipinski definition) is 6. The smallest absolute Gasteiger partial charge is 0.241 e. The molecule has 1 aliphatic heterocycles. The summed E-state index contributed by atoms with van der Waals surface area (Å²) >= 11 is 0. The molecule has 0 aliphatic carbocycles. The summed E-state index contributed by atoms with van der Waals surface area (Å²) in [5.41, 5.74) is 2.24. The zero-order valence-corrected chi connectivity index (χ0v) is 15.0. The molecule has 24 heavy (non-hydrogen) atoms. The molecule has 0 radical (unpaired) electrons. The molecule has 0 saturated carbocycles. The zero-order valence-electron chi connectivity index (χ0n) is 14.2. The maximum atomic E-state index is 12.6. The molecule has 1 aliphatic rings. The summed E-state index contributed by atoms with van der Waals surface area (Å²) in [6.07, 6.45) is -5.63. The SMILES string of the molecule is Cc1cc(C)c(S(=O)(=O)NC[C@H]2OC(C)[C@@H](O)C(O)C2O)c(C)c1. The summed E-state index contributed by atoms with van der Waals surface area (Å²) in [7, 11) is -3.79. The number of nitrogens with one attached hydrogen (secondary N) is 1. The second kappa shape index (κ2) is 7.07. The zero-order chi connectivity index (χ0) is 18.2. The fourth-order valence-corrected chi connectivity index (χ4v) is 4.65. The van der Waals surface area contributed by atoms with E-state index in [0.717, 1.165) is 5.56 Å². The van der Waals surface area contributed by atoms with E-state index < -0.39 is 40.5 Å². The highest BCUT2D eigenvalue weighted by Crippen LogP contribution is 2.23. The van der Waals surface area contributed by atoms with Gasteiger partial charge in [-0.3, -0.25) is 0 Å². The van der Waals surface area contributed by atoms with Crippen molar-refractivity contribution in [2.45, 2.75) is 63.1 Å². The summed E-state index contributed by atoms with van der Waals surface area (Å²) in [6.45, 7) is 6.69. The lowest BCUT2D eigenvalue weighted by Gasteiger charge is -2.39. The van der Waals surface area contributed by atoms with Gasteiger partial charge in [-0.1, -0.05) is 17.7 Å². The van der Waals surface area contributed by atoms with E-state index >= 15 is 0 Å². The first kappa shape index (κ1) is 19.3. The molecule has 2 rings (SSSR count). The van der Waals surface area contributed by atoms with Crippen molar-refractivity contribution in [3.05, 3.63) is 28.8 Å². The molecule has 1 fully saturated rings. The van der Waals surface area contributed by atoms with Gasteiger partial charge in [0, 0.05) is 6.54 Å². The Kier molecular flexibility index (Phi) is 5.68. The third-order valence-electron chi connectivity index (χ3n) is 4.30. The van der Waals surface area contributed by atoms with Crippen LogP contribution in [0.3, 0.4) is 0 Å². The van der Waals surface area contributed by atoms with Crippen LogP contribution in [0.15, 0.2) is 17.0 Å². The topological polar surface area (TPSA) is 116 Å². The van der Waals surface area contributed by atoms with Gasteiger partial charge in [-0.2, -0.15) is 0 Å². The van der Waals surface area contributed by atoms with Crippen LogP contribution in [-0.2, 0) is 14.8 Å². The fraction of sp³-hybridized carbons (Fsp3) is 0.625. The second-order valence-electron chi connectivity index (χ2n) is 6.43. The summed E-state index contributed by atoms with van der Waals surface area (Å²) in [5, 5.41) is 29.4. The van der Waals surface area contributed by atoms with E-state index in [1.165, 1.54) is 0 Å². The van der Waals surface area contributed by atoms with Gasteiger partial charge in [-0.15, -0.1) is 0 Å². The van der Waals surface area contributed by atoms with Crippen LogP contribution in [0.5, 0.6) is 0 Å². The van der Waals surface area contributed by atoms with Crippen LogP contribution in [0.4, 0.5) is 0 Å². The molecule has 4 N–H and O–H groups in total. The molecule has 5 atom stereocenters. The second-order valence-corrected chi connectivity index (χ2v) is 8.13.